The number of carbonyl (C=O) groups is 1. The molecule has 0 unspecified atom stereocenters. The molecule has 1 aliphatic rings. The zero-order valence-electron chi connectivity index (χ0n) is 11.3. The summed E-state index contributed by atoms with van der Waals surface area (Å²) in [5.41, 5.74) is 3.43. The molecule has 0 saturated heterocycles. The molecule has 1 amide bonds. The van der Waals surface area contributed by atoms with Gasteiger partial charge in [-0.25, -0.2) is 4.98 Å². The second-order valence-electron chi connectivity index (χ2n) is 5.42. The predicted molar refractivity (Wildman–Crippen MR) is 79.7 cm³/mol. The van der Waals surface area contributed by atoms with Gasteiger partial charge < -0.3 is 5.32 Å². The Morgan fingerprint density at radius 3 is 2.79 bits per heavy atom. The molecule has 1 aliphatic carbocycles. The van der Waals surface area contributed by atoms with Gasteiger partial charge in [0.15, 0.2) is 5.13 Å². The minimum atomic E-state index is 0.144. The van der Waals surface area contributed by atoms with Gasteiger partial charge in [0.2, 0.25) is 5.91 Å². The molecule has 3 rings (SSSR count). The molecule has 1 N–H and O–H groups in total. The van der Waals surface area contributed by atoms with Gasteiger partial charge in [0.1, 0.15) is 0 Å². The van der Waals surface area contributed by atoms with E-state index in [1.54, 1.807) is 11.3 Å². The van der Waals surface area contributed by atoms with Crippen molar-refractivity contribution in [2.75, 3.05) is 5.32 Å². The first kappa shape index (κ1) is 12.6. The predicted octanol–water partition coefficient (Wildman–Crippen LogP) is 4.04. The van der Waals surface area contributed by atoms with Crippen molar-refractivity contribution in [2.45, 2.75) is 39.5 Å². The van der Waals surface area contributed by atoms with E-state index < -0.39 is 0 Å². The smallest absolute Gasteiger partial charge is 0.229 e. The summed E-state index contributed by atoms with van der Waals surface area (Å²) >= 11 is 1.58. The third kappa shape index (κ3) is 2.50. The average Bonchev–Trinajstić information content (AvgIpc) is 2.96. The van der Waals surface area contributed by atoms with Gasteiger partial charge >= 0.3 is 0 Å². The lowest BCUT2D eigenvalue weighted by molar-refractivity contribution is -0.119. The summed E-state index contributed by atoms with van der Waals surface area (Å²) in [6.45, 7) is 4.17. The molecule has 1 heterocycles. The number of amides is 1. The summed E-state index contributed by atoms with van der Waals surface area (Å²) < 4.78 is 1.17. The highest BCUT2D eigenvalue weighted by atomic mass is 32.1. The van der Waals surface area contributed by atoms with E-state index in [4.69, 9.17) is 0 Å². The van der Waals surface area contributed by atoms with Gasteiger partial charge in [-0.1, -0.05) is 30.2 Å². The van der Waals surface area contributed by atoms with Crippen LogP contribution in [0.15, 0.2) is 12.1 Å². The quantitative estimate of drug-likeness (QED) is 0.898. The first-order valence-electron chi connectivity index (χ1n) is 6.82. The van der Waals surface area contributed by atoms with E-state index in [-0.39, 0.29) is 11.8 Å². The van der Waals surface area contributed by atoms with Gasteiger partial charge in [-0.15, -0.1) is 0 Å². The highest BCUT2D eigenvalue weighted by Gasteiger charge is 2.23. The Morgan fingerprint density at radius 1 is 1.32 bits per heavy atom. The van der Waals surface area contributed by atoms with Crippen molar-refractivity contribution in [3.8, 4) is 0 Å². The maximum absolute atomic E-state index is 12.1. The van der Waals surface area contributed by atoms with Crippen LogP contribution >= 0.6 is 11.3 Å². The summed E-state index contributed by atoms with van der Waals surface area (Å²) in [7, 11) is 0. The number of benzene rings is 1. The number of rotatable bonds is 2. The molecule has 1 fully saturated rings. The number of fused-ring (bicyclic) bond motifs is 1. The van der Waals surface area contributed by atoms with Crippen molar-refractivity contribution in [1.82, 2.24) is 4.98 Å². The fourth-order valence-corrected chi connectivity index (χ4v) is 3.74. The van der Waals surface area contributed by atoms with Crippen LogP contribution < -0.4 is 5.32 Å². The molecule has 2 aromatic rings. The molecule has 1 aromatic heterocycles. The highest BCUT2D eigenvalue weighted by Crippen LogP contribution is 2.31. The minimum Gasteiger partial charge on any atom is -0.302 e. The molecule has 3 nitrogen and oxygen atoms in total. The van der Waals surface area contributed by atoms with Crippen LogP contribution in [0.2, 0.25) is 0 Å². The Morgan fingerprint density at radius 2 is 2.05 bits per heavy atom. The van der Waals surface area contributed by atoms with Crippen molar-refractivity contribution in [3.05, 3.63) is 23.3 Å². The summed E-state index contributed by atoms with van der Waals surface area (Å²) in [5, 5.41) is 3.73. The Bertz CT molecular complexity index is 626. The average molecular weight is 274 g/mol. The topological polar surface area (TPSA) is 42.0 Å². The van der Waals surface area contributed by atoms with Crippen LogP contribution in [0.25, 0.3) is 10.2 Å². The van der Waals surface area contributed by atoms with Crippen molar-refractivity contribution < 1.29 is 4.79 Å². The Kier molecular flexibility index (Phi) is 3.27. The summed E-state index contributed by atoms with van der Waals surface area (Å²) in [5.74, 6) is 0.334. The molecule has 100 valence electrons. The second-order valence-corrected chi connectivity index (χ2v) is 6.42. The summed E-state index contributed by atoms with van der Waals surface area (Å²) in [6.07, 6.45) is 4.40. The molecule has 4 heteroatoms. The Labute approximate surface area is 117 Å². The first-order chi connectivity index (χ1) is 9.13. The largest absolute Gasteiger partial charge is 0.302 e. The molecule has 0 atom stereocenters. The van der Waals surface area contributed by atoms with E-state index in [2.05, 4.69) is 36.3 Å². The zero-order chi connectivity index (χ0) is 13.4. The number of nitrogens with one attached hydrogen (secondary N) is 1. The van der Waals surface area contributed by atoms with Crippen molar-refractivity contribution in [3.63, 3.8) is 0 Å². The number of aryl methyl sites for hydroxylation is 2. The fraction of sp³-hybridized carbons (Fsp3) is 0.467. The SMILES string of the molecule is Cc1cc(C)c2sc(NC(=O)C3CCCC3)nc2c1. The van der Waals surface area contributed by atoms with Gasteiger partial charge in [0.05, 0.1) is 10.2 Å². The van der Waals surface area contributed by atoms with Crippen LogP contribution in [-0.4, -0.2) is 10.9 Å². The van der Waals surface area contributed by atoms with Gasteiger partial charge in [-0.2, -0.15) is 0 Å². The van der Waals surface area contributed by atoms with E-state index in [0.29, 0.717) is 0 Å². The van der Waals surface area contributed by atoms with Crippen LogP contribution in [0.4, 0.5) is 5.13 Å². The van der Waals surface area contributed by atoms with E-state index in [1.165, 1.54) is 28.7 Å². The van der Waals surface area contributed by atoms with Crippen LogP contribution in [0.5, 0.6) is 0 Å². The Balaban J connectivity index is 1.85. The molecule has 0 radical (unpaired) electrons. The molecule has 0 spiro atoms. The van der Waals surface area contributed by atoms with Crippen LogP contribution in [0, 0.1) is 19.8 Å². The maximum Gasteiger partial charge on any atom is 0.229 e. The summed E-state index contributed by atoms with van der Waals surface area (Å²) in [6, 6.07) is 4.23. The van der Waals surface area contributed by atoms with Crippen LogP contribution in [0.3, 0.4) is 0 Å². The normalized spacial score (nSPS) is 16.1. The molecular weight excluding hydrogens is 256 g/mol. The molecule has 1 aromatic carbocycles. The van der Waals surface area contributed by atoms with Gasteiger partial charge in [-0.05, 0) is 43.9 Å². The van der Waals surface area contributed by atoms with Crippen molar-refractivity contribution in [1.29, 1.82) is 0 Å². The molecule has 1 saturated carbocycles. The summed E-state index contributed by atoms with van der Waals surface area (Å²) in [4.78, 5) is 16.6. The number of nitrogens with zero attached hydrogens (tertiary/aromatic N) is 1. The standard InChI is InChI=1S/C15H18N2OS/c1-9-7-10(2)13-12(8-9)16-15(19-13)17-14(18)11-5-3-4-6-11/h7-8,11H,3-6H2,1-2H3,(H,16,17,18). The van der Waals surface area contributed by atoms with Gasteiger partial charge in [0, 0.05) is 5.92 Å². The number of hydrogen-bond donors (Lipinski definition) is 1. The van der Waals surface area contributed by atoms with Gasteiger partial charge in [-0.3, -0.25) is 4.79 Å². The zero-order valence-corrected chi connectivity index (χ0v) is 12.1. The van der Waals surface area contributed by atoms with Crippen molar-refractivity contribution in [2.24, 2.45) is 5.92 Å². The second kappa shape index (κ2) is 4.93. The number of aromatic nitrogens is 1. The van der Waals surface area contributed by atoms with Crippen LogP contribution in [-0.2, 0) is 4.79 Å². The van der Waals surface area contributed by atoms with Crippen LogP contribution in [0.1, 0.15) is 36.8 Å². The van der Waals surface area contributed by atoms with E-state index in [0.717, 1.165) is 23.5 Å². The van der Waals surface area contributed by atoms with Gasteiger partial charge in [0.25, 0.3) is 0 Å². The fourth-order valence-electron chi connectivity index (χ4n) is 2.83. The monoisotopic (exact) mass is 274 g/mol. The van der Waals surface area contributed by atoms with E-state index in [1.807, 2.05) is 0 Å². The lowest BCUT2D eigenvalue weighted by atomic mass is 10.1. The van der Waals surface area contributed by atoms with Crippen molar-refractivity contribution >= 4 is 32.6 Å². The number of thiazole rings is 1. The lowest BCUT2D eigenvalue weighted by Crippen LogP contribution is -2.20. The van der Waals surface area contributed by atoms with E-state index in [9.17, 15) is 4.79 Å². The van der Waals surface area contributed by atoms with E-state index >= 15 is 0 Å². The number of carbonyl (C=O) groups excluding carboxylic acids is 1. The maximum atomic E-state index is 12.1. The third-order valence-electron chi connectivity index (χ3n) is 3.78. The third-order valence-corrected chi connectivity index (χ3v) is 4.90. The molecule has 19 heavy (non-hydrogen) atoms. The highest BCUT2D eigenvalue weighted by molar-refractivity contribution is 7.22. The lowest BCUT2D eigenvalue weighted by Gasteiger charge is -2.07. The molecule has 0 aliphatic heterocycles. The number of anilines is 1. The first-order valence-corrected chi connectivity index (χ1v) is 7.64. The molecular formula is C15H18N2OS. The molecule has 0 bridgehead atoms. The minimum absolute atomic E-state index is 0.144. The number of hydrogen-bond acceptors (Lipinski definition) is 3. The Hall–Kier alpha value is -1.42.